The van der Waals surface area contributed by atoms with Crippen LogP contribution in [-0.2, 0) is 13.1 Å². The summed E-state index contributed by atoms with van der Waals surface area (Å²) in [4.78, 5) is 40.0. The number of amides is 1. The van der Waals surface area contributed by atoms with Gasteiger partial charge in [0.2, 0.25) is 5.78 Å². The zero-order valence-corrected chi connectivity index (χ0v) is 20.5. The van der Waals surface area contributed by atoms with Gasteiger partial charge in [-0.25, -0.2) is 18.3 Å². The largest absolute Gasteiger partial charge is 0.352 e. The van der Waals surface area contributed by atoms with Crippen LogP contribution in [0.3, 0.4) is 0 Å². The normalized spacial score (nSPS) is 12.2. The first-order chi connectivity index (χ1) is 17.9. The van der Waals surface area contributed by atoms with Crippen molar-refractivity contribution in [2.45, 2.75) is 39.4 Å². The lowest BCUT2D eigenvalue weighted by Crippen LogP contribution is -2.32. The number of nitrogens with one attached hydrogen (secondary N) is 1. The minimum absolute atomic E-state index is 0.0340. The maximum atomic E-state index is 14.4. The van der Waals surface area contributed by atoms with Gasteiger partial charge in [-0.3, -0.25) is 14.2 Å². The highest BCUT2D eigenvalue weighted by Gasteiger charge is 2.20. The van der Waals surface area contributed by atoms with Gasteiger partial charge in [0, 0.05) is 17.2 Å². The summed E-state index contributed by atoms with van der Waals surface area (Å²) < 4.78 is 18.3. The molecule has 5 rings (SSSR count). The summed E-state index contributed by atoms with van der Waals surface area (Å²) >= 11 is 0. The molecule has 3 aromatic carbocycles. The summed E-state index contributed by atoms with van der Waals surface area (Å²) in [6.45, 7) is 3.94. The van der Waals surface area contributed by atoms with Crippen LogP contribution < -0.4 is 16.6 Å². The number of nitrogens with zero attached hydrogens (tertiary/aromatic N) is 4. The number of fused-ring (bicyclic) bond motifs is 3. The monoisotopic (exact) mass is 499 g/mol. The van der Waals surface area contributed by atoms with Crippen molar-refractivity contribution in [2.75, 3.05) is 0 Å². The topological polar surface area (TPSA) is 90.4 Å². The fourth-order valence-corrected chi connectivity index (χ4v) is 4.27. The Morgan fingerprint density at radius 3 is 2.46 bits per heavy atom. The molecule has 5 aromatic rings. The molecule has 1 N–H and O–H groups in total. The summed E-state index contributed by atoms with van der Waals surface area (Å²) in [5.74, 6) is -0.645. The predicted octanol–water partition coefficient (Wildman–Crippen LogP) is 3.57. The molecule has 0 fully saturated rings. The molecule has 0 spiro atoms. The molecule has 0 bridgehead atoms. The summed E-state index contributed by atoms with van der Waals surface area (Å²) in [6.07, 6.45) is 0.760. The lowest BCUT2D eigenvalue weighted by molar-refractivity contribution is 0.0939. The van der Waals surface area contributed by atoms with Crippen LogP contribution in [-0.4, -0.2) is 30.7 Å². The number of halogens is 1. The minimum atomic E-state index is -0.537. The standard InChI is InChI=1S/C28H26FN5O3/c1-3-18(2)30-25(35)20-13-14-22-24(15-20)34-27(32(26(22)36)16-19-9-5-4-6-10-19)31-33(28(34)37)17-21-11-7-8-12-23(21)29/h4-15,18H,3,16-17H2,1-2H3,(H,30,35). The predicted molar refractivity (Wildman–Crippen MR) is 139 cm³/mol. The molecule has 188 valence electrons. The lowest BCUT2D eigenvalue weighted by Gasteiger charge is -2.13. The van der Waals surface area contributed by atoms with E-state index in [2.05, 4.69) is 10.4 Å². The molecule has 0 aliphatic carbocycles. The first kappa shape index (κ1) is 24.2. The average Bonchev–Trinajstić information content (AvgIpc) is 3.23. The van der Waals surface area contributed by atoms with Crippen molar-refractivity contribution in [1.82, 2.24) is 24.1 Å². The maximum absolute atomic E-state index is 14.4. The minimum Gasteiger partial charge on any atom is -0.350 e. The zero-order valence-electron chi connectivity index (χ0n) is 20.5. The van der Waals surface area contributed by atoms with Crippen LogP contribution in [0.5, 0.6) is 0 Å². The third kappa shape index (κ3) is 4.55. The molecule has 2 aromatic heterocycles. The first-order valence-electron chi connectivity index (χ1n) is 12.1. The number of benzene rings is 3. The molecule has 1 unspecified atom stereocenters. The SMILES string of the molecule is CCC(C)NC(=O)c1ccc2c(=O)n(Cc3ccccc3)c3nn(Cc4ccccc4F)c(=O)n3c2c1. The molecule has 1 amide bonds. The first-order valence-corrected chi connectivity index (χ1v) is 12.1. The molecule has 0 saturated carbocycles. The summed E-state index contributed by atoms with van der Waals surface area (Å²) in [7, 11) is 0. The Kier molecular flexibility index (Phi) is 6.43. The van der Waals surface area contributed by atoms with Crippen LogP contribution in [0.1, 0.15) is 41.8 Å². The highest BCUT2D eigenvalue weighted by molar-refractivity contribution is 5.98. The van der Waals surface area contributed by atoms with Crippen molar-refractivity contribution in [3.8, 4) is 0 Å². The third-order valence-corrected chi connectivity index (χ3v) is 6.49. The fraction of sp³-hybridized carbons (Fsp3) is 0.214. The Labute approximate surface area is 211 Å². The maximum Gasteiger partial charge on any atom is 0.352 e. The molecular formula is C28H26FN5O3. The number of aromatic nitrogens is 4. The smallest absolute Gasteiger partial charge is 0.350 e. The van der Waals surface area contributed by atoms with Crippen LogP contribution in [0.2, 0.25) is 0 Å². The van der Waals surface area contributed by atoms with Crippen LogP contribution >= 0.6 is 0 Å². The van der Waals surface area contributed by atoms with Crippen molar-refractivity contribution in [3.63, 3.8) is 0 Å². The van der Waals surface area contributed by atoms with Gasteiger partial charge in [-0.2, -0.15) is 0 Å². The van der Waals surface area contributed by atoms with E-state index in [1.807, 2.05) is 44.2 Å². The van der Waals surface area contributed by atoms with E-state index in [1.165, 1.54) is 21.1 Å². The Hall–Kier alpha value is -4.53. The Morgan fingerprint density at radius 2 is 1.73 bits per heavy atom. The van der Waals surface area contributed by atoms with Crippen molar-refractivity contribution >= 4 is 22.6 Å². The van der Waals surface area contributed by atoms with Gasteiger partial charge in [0.25, 0.3) is 11.5 Å². The van der Waals surface area contributed by atoms with Gasteiger partial charge in [0.15, 0.2) is 0 Å². The Bertz CT molecular complexity index is 1740. The van der Waals surface area contributed by atoms with Crippen LogP contribution in [0.4, 0.5) is 4.39 Å². The van der Waals surface area contributed by atoms with E-state index in [4.69, 9.17) is 0 Å². The number of hydrogen-bond acceptors (Lipinski definition) is 4. The van der Waals surface area contributed by atoms with Gasteiger partial charge in [-0.15, -0.1) is 5.10 Å². The second-order valence-electron chi connectivity index (χ2n) is 9.06. The number of carbonyl (C=O) groups excluding carboxylic acids is 1. The van der Waals surface area contributed by atoms with E-state index in [1.54, 1.807) is 30.3 Å². The van der Waals surface area contributed by atoms with E-state index in [0.717, 1.165) is 16.7 Å². The molecule has 1 atom stereocenters. The summed E-state index contributed by atoms with van der Waals surface area (Å²) in [5, 5.41) is 7.63. The van der Waals surface area contributed by atoms with Gasteiger partial charge >= 0.3 is 5.69 Å². The highest BCUT2D eigenvalue weighted by Crippen LogP contribution is 2.16. The van der Waals surface area contributed by atoms with E-state index >= 15 is 0 Å². The molecule has 0 aliphatic rings. The van der Waals surface area contributed by atoms with Gasteiger partial charge in [0.1, 0.15) is 5.82 Å². The van der Waals surface area contributed by atoms with Gasteiger partial charge in [-0.05, 0) is 43.2 Å². The molecule has 9 heteroatoms. The van der Waals surface area contributed by atoms with Crippen molar-refractivity contribution < 1.29 is 9.18 Å². The van der Waals surface area contributed by atoms with Crippen molar-refractivity contribution in [3.05, 3.63) is 116 Å². The third-order valence-electron chi connectivity index (χ3n) is 6.49. The molecule has 8 nitrogen and oxygen atoms in total. The Morgan fingerprint density at radius 1 is 1.00 bits per heavy atom. The van der Waals surface area contributed by atoms with E-state index in [9.17, 15) is 18.8 Å². The zero-order chi connectivity index (χ0) is 26.1. The summed E-state index contributed by atoms with van der Waals surface area (Å²) in [6, 6.07) is 20.2. The van der Waals surface area contributed by atoms with E-state index in [-0.39, 0.29) is 47.3 Å². The van der Waals surface area contributed by atoms with Gasteiger partial charge in [0.05, 0.1) is 24.0 Å². The van der Waals surface area contributed by atoms with Crippen molar-refractivity contribution in [2.24, 2.45) is 0 Å². The van der Waals surface area contributed by atoms with Crippen molar-refractivity contribution in [1.29, 1.82) is 0 Å². The van der Waals surface area contributed by atoms with Gasteiger partial charge < -0.3 is 5.32 Å². The van der Waals surface area contributed by atoms with Crippen LogP contribution in [0, 0.1) is 5.82 Å². The molecule has 0 radical (unpaired) electrons. The van der Waals surface area contributed by atoms with E-state index < -0.39 is 11.5 Å². The fourth-order valence-electron chi connectivity index (χ4n) is 4.27. The number of hydrogen-bond donors (Lipinski definition) is 1. The number of rotatable bonds is 7. The number of carbonyl (C=O) groups is 1. The van der Waals surface area contributed by atoms with E-state index in [0.29, 0.717) is 11.1 Å². The van der Waals surface area contributed by atoms with Crippen LogP contribution in [0.25, 0.3) is 16.7 Å². The average molecular weight is 500 g/mol. The van der Waals surface area contributed by atoms with Crippen LogP contribution in [0.15, 0.2) is 82.4 Å². The second kappa shape index (κ2) is 9.85. The second-order valence-corrected chi connectivity index (χ2v) is 9.06. The quantitative estimate of drug-likeness (QED) is 0.371. The molecule has 2 heterocycles. The molecule has 0 saturated heterocycles. The highest BCUT2D eigenvalue weighted by atomic mass is 19.1. The molecule has 0 aliphatic heterocycles. The molecule has 37 heavy (non-hydrogen) atoms. The lowest BCUT2D eigenvalue weighted by atomic mass is 10.1. The Balaban J connectivity index is 1.74. The molecular weight excluding hydrogens is 473 g/mol. The summed E-state index contributed by atoms with van der Waals surface area (Å²) in [5.41, 5.74) is 0.858. The van der Waals surface area contributed by atoms with Gasteiger partial charge in [-0.1, -0.05) is 55.5 Å².